The highest BCUT2D eigenvalue weighted by Gasteiger charge is 2.07. The average molecular weight is 205 g/mol. The molecule has 0 bridgehead atoms. The molecule has 0 aliphatic rings. The Balaban J connectivity index is 2.35. The van der Waals surface area contributed by atoms with Gasteiger partial charge in [-0.05, 0) is 18.2 Å². The maximum absolute atomic E-state index is 5.25. The number of methoxy groups -OCH3 is 2. The SMILES string of the molecule is COc1cccc(-c2nc(OC)co2)c1. The molecule has 4 heteroatoms. The van der Waals surface area contributed by atoms with E-state index in [9.17, 15) is 0 Å². The molecular formula is C11H11NO3. The minimum atomic E-state index is 0.466. The van der Waals surface area contributed by atoms with Gasteiger partial charge in [0.25, 0.3) is 5.88 Å². The molecule has 0 amide bonds. The van der Waals surface area contributed by atoms with E-state index < -0.39 is 0 Å². The molecule has 0 fully saturated rings. The second-order valence-corrected chi connectivity index (χ2v) is 2.93. The van der Waals surface area contributed by atoms with Crippen molar-refractivity contribution in [3.05, 3.63) is 30.5 Å². The highest BCUT2D eigenvalue weighted by Crippen LogP contribution is 2.24. The number of hydrogen-bond acceptors (Lipinski definition) is 4. The lowest BCUT2D eigenvalue weighted by Crippen LogP contribution is -1.84. The molecular weight excluding hydrogens is 194 g/mol. The summed E-state index contributed by atoms with van der Waals surface area (Å²) in [6.07, 6.45) is 1.47. The third-order valence-corrected chi connectivity index (χ3v) is 2.01. The van der Waals surface area contributed by atoms with Crippen LogP contribution in [-0.4, -0.2) is 19.2 Å². The van der Waals surface area contributed by atoms with Crippen molar-refractivity contribution in [1.82, 2.24) is 4.98 Å². The summed E-state index contributed by atoms with van der Waals surface area (Å²) in [7, 11) is 3.17. The van der Waals surface area contributed by atoms with Crippen LogP contribution in [0, 0.1) is 0 Å². The minimum absolute atomic E-state index is 0.466. The first-order chi connectivity index (χ1) is 7.33. The Kier molecular flexibility index (Phi) is 2.58. The molecule has 1 aromatic carbocycles. The van der Waals surface area contributed by atoms with E-state index in [1.165, 1.54) is 6.26 Å². The maximum Gasteiger partial charge on any atom is 0.252 e. The summed E-state index contributed by atoms with van der Waals surface area (Å²) in [5.74, 6) is 1.75. The van der Waals surface area contributed by atoms with Gasteiger partial charge in [0.1, 0.15) is 5.75 Å². The van der Waals surface area contributed by atoms with Crippen LogP contribution in [0.25, 0.3) is 11.5 Å². The highest BCUT2D eigenvalue weighted by molar-refractivity contribution is 5.56. The summed E-state index contributed by atoms with van der Waals surface area (Å²) in [4.78, 5) is 4.13. The van der Waals surface area contributed by atoms with Gasteiger partial charge in [0.15, 0.2) is 6.26 Å². The fraction of sp³-hybridized carbons (Fsp3) is 0.182. The lowest BCUT2D eigenvalue weighted by molar-refractivity contribution is 0.395. The van der Waals surface area contributed by atoms with Gasteiger partial charge >= 0.3 is 0 Å². The van der Waals surface area contributed by atoms with Gasteiger partial charge in [-0.1, -0.05) is 6.07 Å². The van der Waals surface area contributed by atoms with Gasteiger partial charge < -0.3 is 13.9 Å². The topological polar surface area (TPSA) is 44.5 Å². The van der Waals surface area contributed by atoms with Crippen LogP contribution in [0.15, 0.2) is 34.9 Å². The number of ether oxygens (including phenoxy) is 2. The molecule has 1 aromatic heterocycles. The first-order valence-corrected chi connectivity index (χ1v) is 4.47. The molecule has 0 atom stereocenters. The molecule has 15 heavy (non-hydrogen) atoms. The van der Waals surface area contributed by atoms with Gasteiger partial charge in [0.2, 0.25) is 5.89 Å². The Hall–Kier alpha value is -1.97. The van der Waals surface area contributed by atoms with Crippen molar-refractivity contribution in [2.45, 2.75) is 0 Å². The van der Waals surface area contributed by atoms with Crippen LogP contribution in [-0.2, 0) is 0 Å². The summed E-state index contributed by atoms with van der Waals surface area (Å²) >= 11 is 0. The highest BCUT2D eigenvalue weighted by atomic mass is 16.5. The van der Waals surface area contributed by atoms with E-state index in [-0.39, 0.29) is 0 Å². The van der Waals surface area contributed by atoms with Crippen LogP contribution in [0.2, 0.25) is 0 Å². The summed E-state index contributed by atoms with van der Waals surface area (Å²) in [6, 6.07) is 7.49. The summed E-state index contributed by atoms with van der Waals surface area (Å²) in [6.45, 7) is 0. The zero-order chi connectivity index (χ0) is 10.7. The lowest BCUT2D eigenvalue weighted by atomic mass is 10.2. The summed E-state index contributed by atoms with van der Waals surface area (Å²) in [5, 5.41) is 0. The van der Waals surface area contributed by atoms with Gasteiger partial charge in [-0.2, -0.15) is 4.98 Å². The second kappa shape index (κ2) is 4.04. The molecule has 0 saturated heterocycles. The van der Waals surface area contributed by atoms with Crippen molar-refractivity contribution in [2.75, 3.05) is 14.2 Å². The molecule has 0 spiro atoms. The van der Waals surface area contributed by atoms with E-state index in [4.69, 9.17) is 13.9 Å². The van der Waals surface area contributed by atoms with E-state index >= 15 is 0 Å². The van der Waals surface area contributed by atoms with E-state index in [1.807, 2.05) is 24.3 Å². The molecule has 0 aliphatic carbocycles. The molecule has 2 rings (SSSR count). The molecule has 0 radical (unpaired) electrons. The largest absolute Gasteiger partial charge is 0.497 e. The second-order valence-electron chi connectivity index (χ2n) is 2.93. The summed E-state index contributed by atoms with van der Waals surface area (Å²) < 4.78 is 15.3. The zero-order valence-electron chi connectivity index (χ0n) is 8.56. The first kappa shape index (κ1) is 9.58. The molecule has 78 valence electrons. The Morgan fingerprint density at radius 3 is 2.73 bits per heavy atom. The van der Waals surface area contributed by atoms with Crippen LogP contribution >= 0.6 is 0 Å². The van der Waals surface area contributed by atoms with Crippen LogP contribution in [0.1, 0.15) is 0 Å². The van der Waals surface area contributed by atoms with Gasteiger partial charge in [-0.15, -0.1) is 0 Å². The fourth-order valence-electron chi connectivity index (χ4n) is 1.24. The van der Waals surface area contributed by atoms with Crippen molar-refractivity contribution >= 4 is 0 Å². The normalized spacial score (nSPS) is 10.0. The number of nitrogens with zero attached hydrogens (tertiary/aromatic N) is 1. The standard InChI is InChI=1S/C11H11NO3/c1-13-9-5-3-4-8(6-9)11-12-10(14-2)7-15-11/h3-7H,1-2H3. The monoisotopic (exact) mass is 205 g/mol. The number of aromatic nitrogens is 1. The van der Waals surface area contributed by atoms with Crippen molar-refractivity contribution in [1.29, 1.82) is 0 Å². The van der Waals surface area contributed by atoms with E-state index in [2.05, 4.69) is 4.98 Å². The fourth-order valence-corrected chi connectivity index (χ4v) is 1.24. The third kappa shape index (κ3) is 1.93. The first-order valence-electron chi connectivity index (χ1n) is 4.47. The van der Waals surface area contributed by atoms with Crippen LogP contribution in [0.3, 0.4) is 0 Å². The van der Waals surface area contributed by atoms with Crippen LogP contribution in [0.4, 0.5) is 0 Å². The van der Waals surface area contributed by atoms with E-state index in [0.717, 1.165) is 11.3 Å². The minimum Gasteiger partial charge on any atom is -0.497 e. The maximum atomic E-state index is 5.25. The molecule has 1 heterocycles. The van der Waals surface area contributed by atoms with Gasteiger partial charge in [-0.25, -0.2) is 0 Å². The molecule has 0 aliphatic heterocycles. The Bertz CT molecular complexity index is 451. The van der Waals surface area contributed by atoms with Crippen molar-refractivity contribution < 1.29 is 13.9 Å². The van der Waals surface area contributed by atoms with Gasteiger partial charge in [0.05, 0.1) is 14.2 Å². The van der Waals surface area contributed by atoms with E-state index in [0.29, 0.717) is 11.8 Å². The molecule has 0 N–H and O–H groups in total. The van der Waals surface area contributed by atoms with Crippen molar-refractivity contribution in [3.63, 3.8) is 0 Å². The van der Waals surface area contributed by atoms with E-state index in [1.54, 1.807) is 14.2 Å². The number of rotatable bonds is 3. The van der Waals surface area contributed by atoms with Gasteiger partial charge in [-0.3, -0.25) is 0 Å². The Morgan fingerprint density at radius 2 is 2.07 bits per heavy atom. The van der Waals surface area contributed by atoms with Crippen molar-refractivity contribution in [3.8, 4) is 23.1 Å². The Labute approximate surface area is 87.5 Å². The number of oxazole rings is 1. The summed E-state index contributed by atoms with van der Waals surface area (Å²) in [5.41, 5.74) is 0.859. The number of benzene rings is 1. The predicted molar refractivity (Wildman–Crippen MR) is 55.0 cm³/mol. The zero-order valence-corrected chi connectivity index (χ0v) is 8.56. The smallest absolute Gasteiger partial charge is 0.252 e. The average Bonchev–Trinajstić information content (AvgIpc) is 2.78. The molecule has 4 nitrogen and oxygen atoms in total. The lowest BCUT2D eigenvalue weighted by Gasteiger charge is -2.00. The molecule has 0 unspecified atom stereocenters. The quantitative estimate of drug-likeness (QED) is 0.771. The molecule has 2 aromatic rings. The Morgan fingerprint density at radius 1 is 1.20 bits per heavy atom. The van der Waals surface area contributed by atoms with Crippen LogP contribution < -0.4 is 9.47 Å². The molecule has 0 saturated carbocycles. The van der Waals surface area contributed by atoms with Gasteiger partial charge in [0, 0.05) is 5.56 Å². The number of hydrogen-bond donors (Lipinski definition) is 0. The van der Waals surface area contributed by atoms with Crippen molar-refractivity contribution in [2.24, 2.45) is 0 Å². The third-order valence-electron chi connectivity index (χ3n) is 2.01. The van der Waals surface area contributed by atoms with Crippen LogP contribution in [0.5, 0.6) is 11.6 Å². The predicted octanol–water partition coefficient (Wildman–Crippen LogP) is 2.36.